The summed E-state index contributed by atoms with van der Waals surface area (Å²) in [7, 11) is -3.60. The average molecular weight is 392 g/mol. The third-order valence-electron chi connectivity index (χ3n) is 3.77. The van der Waals surface area contributed by atoms with Crippen molar-refractivity contribution in [2.75, 3.05) is 13.1 Å². The fraction of sp³-hybridized carbons (Fsp3) is 0.400. The van der Waals surface area contributed by atoms with Crippen molar-refractivity contribution in [3.05, 3.63) is 40.9 Å². The van der Waals surface area contributed by atoms with Crippen LogP contribution in [0.1, 0.15) is 16.9 Å². The van der Waals surface area contributed by atoms with Gasteiger partial charge in [0.15, 0.2) is 0 Å². The highest BCUT2D eigenvalue weighted by molar-refractivity contribution is 7.91. The fourth-order valence-electron chi connectivity index (χ4n) is 2.51. The van der Waals surface area contributed by atoms with Crippen LogP contribution < -0.4 is 4.74 Å². The summed E-state index contributed by atoms with van der Waals surface area (Å²) in [5, 5.41) is 0. The van der Waals surface area contributed by atoms with E-state index < -0.39 is 27.9 Å². The van der Waals surface area contributed by atoms with Gasteiger partial charge < -0.3 is 4.74 Å². The van der Waals surface area contributed by atoms with Crippen LogP contribution in [0.2, 0.25) is 0 Å². The van der Waals surface area contributed by atoms with Gasteiger partial charge in [-0.15, -0.1) is 11.3 Å². The van der Waals surface area contributed by atoms with Gasteiger partial charge in [-0.1, -0.05) is 0 Å². The maximum absolute atomic E-state index is 12.7. The lowest BCUT2D eigenvalue weighted by Gasteiger charge is -2.16. The molecular weight excluding hydrogens is 377 g/mol. The topological polar surface area (TPSA) is 59.5 Å². The highest BCUT2D eigenvalue weighted by Gasteiger charge is 2.35. The number of rotatable bonds is 4. The van der Waals surface area contributed by atoms with Crippen LogP contribution in [0.15, 0.2) is 34.7 Å². The van der Waals surface area contributed by atoms with Gasteiger partial charge in [-0.05, 0) is 31.5 Å². The maximum Gasteiger partial charge on any atom is 0.416 e. The molecule has 1 aliphatic rings. The molecular formula is C15H15F3N2O3S2. The SMILES string of the molecule is Cc1ccc(S(=O)(=O)N2CC[C@H](Oc3cc(C(F)(F)F)ccn3)C2)s1. The molecule has 0 aliphatic carbocycles. The van der Waals surface area contributed by atoms with E-state index in [9.17, 15) is 21.6 Å². The molecule has 0 aromatic carbocycles. The van der Waals surface area contributed by atoms with E-state index in [0.29, 0.717) is 6.42 Å². The second-order valence-electron chi connectivity index (χ2n) is 5.64. The van der Waals surface area contributed by atoms with Gasteiger partial charge in [0.05, 0.1) is 12.1 Å². The molecule has 0 radical (unpaired) electrons. The molecule has 1 atom stereocenters. The minimum atomic E-state index is -4.48. The molecule has 0 bridgehead atoms. The normalized spacial score (nSPS) is 19.3. The lowest BCUT2D eigenvalue weighted by atomic mass is 10.2. The first-order chi connectivity index (χ1) is 11.7. The van der Waals surface area contributed by atoms with Gasteiger partial charge in [-0.25, -0.2) is 13.4 Å². The molecule has 25 heavy (non-hydrogen) atoms. The smallest absolute Gasteiger partial charge is 0.416 e. The minimum Gasteiger partial charge on any atom is -0.473 e. The number of aryl methyl sites for hydroxylation is 1. The van der Waals surface area contributed by atoms with Crippen LogP contribution in [0.4, 0.5) is 13.2 Å². The van der Waals surface area contributed by atoms with Crippen LogP contribution in [-0.2, 0) is 16.2 Å². The minimum absolute atomic E-state index is 0.0806. The van der Waals surface area contributed by atoms with Crippen LogP contribution in [0, 0.1) is 6.92 Å². The third-order valence-corrected chi connectivity index (χ3v) is 7.10. The lowest BCUT2D eigenvalue weighted by molar-refractivity contribution is -0.137. The quantitative estimate of drug-likeness (QED) is 0.801. The number of aromatic nitrogens is 1. The zero-order valence-electron chi connectivity index (χ0n) is 13.2. The van der Waals surface area contributed by atoms with Crippen molar-refractivity contribution < 1.29 is 26.3 Å². The highest BCUT2D eigenvalue weighted by atomic mass is 32.2. The first-order valence-electron chi connectivity index (χ1n) is 7.43. The Labute approximate surface area is 147 Å². The molecule has 2 aromatic rings. The van der Waals surface area contributed by atoms with Crippen LogP contribution >= 0.6 is 11.3 Å². The summed E-state index contributed by atoms with van der Waals surface area (Å²) < 4.78 is 70.3. The monoisotopic (exact) mass is 392 g/mol. The highest BCUT2D eigenvalue weighted by Crippen LogP contribution is 2.32. The van der Waals surface area contributed by atoms with E-state index in [0.717, 1.165) is 23.2 Å². The summed E-state index contributed by atoms with van der Waals surface area (Å²) >= 11 is 1.18. The van der Waals surface area contributed by atoms with Crippen molar-refractivity contribution in [3.8, 4) is 5.88 Å². The zero-order chi connectivity index (χ0) is 18.2. The van der Waals surface area contributed by atoms with Crippen molar-refractivity contribution in [2.45, 2.75) is 29.8 Å². The average Bonchev–Trinajstić information content (AvgIpc) is 3.16. The van der Waals surface area contributed by atoms with E-state index >= 15 is 0 Å². The Balaban J connectivity index is 1.70. The molecule has 5 nitrogen and oxygen atoms in total. The molecule has 0 N–H and O–H groups in total. The Morgan fingerprint density at radius 3 is 2.72 bits per heavy atom. The predicted molar refractivity (Wildman–Crippen MR) is 86.1 cm³/mol. The summed E-state index contributed by atoms with van der Waals surface area (Å²) in [6, 6.07) is 4.96. The van der Waals surface area contributed by atoms with Crippen LogP contribution in [-0.4, -0.2) is 36.9 Å². The number of halogens is 3. The molecule has 0 amide bonds. The number of hydrogen-bond acceptors (Lipinski definition) is 5. The Morgan fingerprint density at radius 1 is 1.32 bits per heavy atom. The largest absolute Gasteiger partial charge is 0.473 e. The molecule has 0 spiro atoms. The molecule has 10 heteroatoms. The summed E-state index contributed by atoms with van der Waals surface area (Å²) in [6.45, 7) is 2.15. The van der Waals surface area contributed by atoms with Crippen molar-refractivity contribution in [2.24, 2.45) is 0 Å². The first-order valence-corrected chi connectivity index (χ1v) is 9.68. The van der Waals surface area contributed by atoms with E-state index in [-0.39, 0.29) is 23.2 Å². The van der Waals surface area contributed by atoms with Gasteiger partial charge in [0.1, 0.15) is 10.3 Å². The second kappa shape index (κ2) is 6.58. The molecule has 3 heterocycles. The Kier molecular flexibility index (Phi) is 4.78. The molecule has 1 saturated heterocycles. The van der Waals surface area contributed by atoms with Gasteiger partial charge >= 0.3 is 6.18 Å². The molecule has 1 aliphatic heterocycles. The van der Waals surface area contributed by atoms with E-state index in [4.69, 9.17) is 4.74 Å². The number of alkyl halides is 3. The summed E-state index contributed by atoms with van der Waals surface area (Å²) in [4.78, 5) is 4.66. The molecule has 136 valence electrons. The maximum atomic E-state index is 12.7. The van der Waals surface area contributed by atoms with Gasteiger partial charge in [-0.3, -0.25) is 0 Å². The van der Waals surface area contributed by atoms with Gasteiger partial charge in [-0.2, -0.15) is 17.5 Å². The Morgan fingerprint density at radius 2 is 2.08 bits per heavy atom. The van der Waals surface area contributed by atoms with E-state index in [1.807, 2.05) is 6.92 Å². The molecule has 0 unspecified atom stereocenters. The van der Waals surface area contributed by atoms with Crippen LogP contribution in [0.5, 0.6) is 5.88 Å². The summed E-state index contributed by atoms with van der Waals surface area (Å²) in [5.41, 5.74) is -0.853. The van der Waals surface area contributed by atoms with Crippen molar-refractivity contribution >= 4 is 21.4 Å². The van der Waals surface area contributed by atoms with Crippen molar-refractivity contribution in [1.82, 2.24) is 9.29 Å². The van der Waals surface area contributed by atoms with Crippen LogP contribution in [0.25, 0.3) is 0 Å². The van der Waals surface area contributed by atoms with Gasteiger partial charge in [0.2, 0.25) is 5.88 Å². The van der Waals surface area contributed by atoms with E-state index in [2.05, 4.69) is 4.98 Å². The molecule has 3 rings (SSSR count). The van der Waals surface area contributed by atoms with Crippen molar-refractivity contribution in [3.63, 3.8) is 0 Å². The number of pyridine rings is 1. The molecule has 1 fully saturated rings. The Hall–Kier alpha value is -1.65. The number of nitrogens with zero attached hydrogens (tertiary/aromatic N) is 2. The zero-order valence-corrected chi connectivity index (χ0v) is 14.8. The predicted octanol–water partition coefficient (Wildman–Crippen LogP) is 3.31. The van der Waals surface area contributed by atoms with Crippen LogP contribution in [0.3, 0.4) is 0 Å². The summed E-state index contributed by atoms with van der Waals surface area (Å²) in [5.74, 6) is -0.161. The van der Waals surface area contributed by atoms with Gasteiger partial charge in [0.25, 0.3) is 10.0 Å². The first kappa shape index (κ1) is 18.2. The number of thiophene rings is 1. The molecule has 2 aromatic heterocycles. The number of ether oxygens (including phenoxy) is 1. The second-order valence-corrected chi connectivity index (χ2v) is 9.09. The molecule has 0 saturated carbocycles. The Bertz CT molecular complexity index is 865. The van der Waals surface area contributed by atoms with E-state index in [1.165, 1.54) is 15.6 Å². The van der Waals surface area contributed by atoms with E-state index in [1.54, 1.807) is 12.1 Å². The third kappa shape index (κ3) is 3.96. The van der Waals surface area contributed by atoms with Gasteiger partial charge in [0, 0.05) is 23.7 Å². The van der Waals surface area contributed by atoms with Crippen molar-refractivity contribution in [1.29, 1.82) is 0 Å². The fourth-order valence-corrected chi connectivity index (χ4v) is 5.44. The standard InChI is InChI=1S/C15H15F3N2O3S2/c1-10-2-3-14(24-10)25(21,22)20-7-5-12(9-20)23-13-8-11(4-6-19-13)15(16,17)18/h2-4,6,8,12H,5,7,9H2,1H3/t12-/m0/s1. The summed E-state index contributed by atoms with van der Waals surface area (Å²) in [6.07, 6.45) is -3.60. The number of hydrogen-bond donors (Lipinski definition) is 0. The lowest BCUT2D eigenvalue weighted by Crippen LogP contribution is -2.30. The number of sulfonamides is 1.